The molecular weight excluding hydrogens is 209 g/mol. The highest BCUT2D eigenvalue weighted by Gasteiger charge is 2.28. The molecule has 1 aromatic carbocycles. The van der Waals surface area contributed by atoms with Crippen molar-refractivity contribution in [1.29, 1.82) is 0 Å². The number of carbonyl (C=O) groups is 1. The number of benzene rings is 1. The predicted molar refractivity (Wildman–Crippen MR) is 57.6 cm³/mol. The van der Waals surface area contributed by atoms with Crippen molar-refractivity contribution in [3.63, 3.8) is 0 Å². The lowest BCUT2D eigenvalue weighted by Crippen LogP contribution is -2.29. The van der Waals surface area contributed by atoms with Crippen molar-refractivity contribution in [3.05, 3.63) is 35.6 Å². The van der Waals surface area contributed by atoms with Crippen LogP contribution in [0, 0.1) is 11.7 Å². The van der Waals surface area contributed by atoms with Crippen molar-refractivity contribution in [2.24, 2.45) is 5.92 Å². The third-order valence-electron chi connectivity index (χ3n) is 2.93. The minimum absolute atomic E-state index is 0.238. The van der Waals surface area contributed by atoms with Crippen LogP contribution < -0.4 is 5.32 Å². The van der Waals surface area contributed by atoms with Gasteiger partial charge in [-0.25, -0.2) is 4.39 Å². The first-order valence-electron chi connectivity index (χ1n) is 5.36. The van der Waals surface area contributed by atoms with Crippen LogP contribution in [0.25, 0.3) is 0 Å². The summed E-state index contributed by atoms with van der Waals surface area (Å²) in [6, 6.07) is 6.03. The molecule has 0 unspecified atom stereocenters. The van der Waals surface area contributed by atoms with Crippen molar-refractivity contribution in [3.8, 4) is 0 Å². The number of nitrogens with one attached hydrogen (secondary N) is 1. The topological polar surface area (TPSA) is 49.3 Å². The number of halogens is 1. The first kappa shape index (κ1) is 11.1. The highest BCUT2D eigenvalue weighted by molar-refractivity contribution is 5.73. The maximum Gasteiger partial charge on any atom is 0.320 e. The van der Waals surface area contributed by atoms with Crippen LogP contribution in [0.2, 0.25) is 0 Å². The van der Waals surface area contributed by atoms with Crippen LogP contribution in [-0.4, -0.2) is 23.7 Å². The first-order valence-corrected chi connectivity index (χ1v) is 5.36. The number of aliphatic carboxylic acids is 1. The van der Waals surface area contributed by atoms with Gasteiger partial charge in [0.2, 0.25) is 0 Å². The van der Waals surface area contributed by atoms with Crippen molar-refractivity contribution < 1.29 is 14.3 Å². The summed E-state index contributed by atoms with van der Waals surface area (Å²) < 4.78 is 12.9. The molecule has 0 aromatic heterocycles. The molecule has 0 amide bonds. The molecule has 2 atom stereocenters. The van der Waals surface area contributed by atoms with Crippen LogP contribution in [0.15, 0.2) is 24.3 Å². The summed E-state index contributed by atoms with van der Waals surface area (Å²) >= 11 is 0. The van der Waals surface area contributed by atoms with Crippen molar-refractivity contribution >= 4 is 5.97 Å². The maximum absolute atomic E-state index is 12.9. The molecule has 0 radical (unpaired) electrons. The van der Waals surface area contributed by atoms with Crippen molar-refractivity contribution in [2.45, 2.75) is 18.9 Å². The van der Waals surface area contributed by atoms with Crippen molar-refractivity contribution in [1.82, 2.24) is 5.32 Å². The van der Waals surface area contributed by atoms with Gasteiger partial charge in [-0.1, -0.05) is 12.1 Å². The quantitative estimate of drug-likeness (QED) is 0.815. The molecule has 0 spiro atoms. The summed E-state index contributed by atoms with van der Waals surface area (Å²) in [5.41, 5.74) is 0.929. The molecule has 2 rings (SSSR count). The second-order valence-electron chi connectivity index (χ2n) is 4.23. The summed E-state index contributed by atoms with van der Waals surface area (Å²) in [6.07, 6.45) is 1.35. The van der Waals surface area contributed by atoms with Crippen LogP contribution in [0.5, 0.6) is 0 Å². The Hall–Kier alpha value is -1.42. The van der Waals surface area contributed by atoms with Gasteiger partial charge in [0.1, 0.15) is 11.9 Å². The fraction of sp³-hybridized carbons (Fsp3) is 0.417. The van der Waals surface area contributed by atoms with Crippen LogP contribution in [-0.2, 0) is 11.2 Å². The van der Waals surface area contributed by atoms with Gasteiger partial charge in [-0.2, -0.15) is 0 Å². The molecule has 0 saturated carbocycles. The smallest absolute Gasteiger partial charge is 0.320 e. The van der Waals surface area contributed by atoms with Gasteiger partial charge in [0.25, 0.3) is 0 Å². The fourth-order valence-electron chi connectivity index (χ4n) is 2.15. The lowest BCUT2D eigenvalue weighted by Gasteiger charge is -2.08. The molecule has 1 aromatic rings. The monoisotopic (exact) mass is 223 g/mol. The van der Waals surface area contributed by atoms with Gasteiger partial charge in [-0.15, -0.1) is 0 Å². The molecule has 2 N–H and O–H groups in total. The minimum Gasteiger partial charge on any atom is -0.480 e. The fourth-order valence-corrected chi connectivity index (χ4v) is 2.15. The molecule has 0 aliphatic carbocycles. The molecule has 1 aliphatic rings. The lowest BCUT2D eigenvalue weighted by molar-refractivity contribution is -0.139. The number of carboxylic acids is 1. The zero-order valence-electron chi connectivity index (χ0n) is 8.82. The summed E-state index contributed by atoms with van der Waals surface area (Å²) in [5, 5.41) is 11.8. The standard InChI is InChI=1S/C12H14FNO2/c13-10-3-1-2-8(5-10)4-9-6-11(12(15)16)14-7-9/h1-3,5,9,11,14H,4,6-7H2,(H,15,16)/t9-,11-/m0/s1. The van der Waals surface area contributed by atoms with Gasteiger partial charge in [0.05, 0.1) is 0 Å². The predicted octanol–water partition coefficient (Wildman–Crippen LogP) is 1.43. The second-order valence-corrected chi connectivity index (χ2v) is 4.23. The van der Waals surface area contributed by atoms with E-state index in [0.717, 1.165) is 12.0 Å². The molecule has 0 bridgehead atoms. The third kappa shape index (κ3) is 2.58. The van der Waals surface area contributed by atoms with E-state index in [1.807, 2.05) is 6.07 Å². The Morgan fingerprint density at radius 3 is 3.00 bits per heavy atom. The number of rotatable bonds is 3. The molecule has 4 heteroatoms. The highest BCUT2D eigenvalue weighted by atomic mass is 19.1. The summed E-state index contributed by atoms with van der Waals surface area (Å²) in [6.45, 7) is 0.688. The van der Waals surface area contributed by atoms with E-state index in [1.165, 1.54) is 12.1 Å². The van der Waals surface area contributed by atoms with Gasteiger partial charge in [0, 0.05) is 0 Å². The van der Waals surface area contributed by atoms with E-state index in [-0.39, 0.29) is 11.7 Å². The molecular formula is C12H14FNO2. The lowest BCUT2D eigenvalue weighted by atomic mass is 9.97. The van der Waals surface area contributed by atoms with Gasteiger partial charge in [-0.3, -0.25) is 4.79 Å². The summed E-state index contributed by atoms with van der Waals surface area (Å²) in [7, 11) is 0. The Morgan fingerprint density at radius 2 is 2.38 bits per heavy atom. The Bertz CT molecular complexity index is 394. The van der Waals surface area contributed by atoms with E-state index in [2.05, 4.69) is 5.32 Å². The zero-order valence-corrected chi connectivity index (χ0v) is 8.82. The van der Waals surface area contributed by atoms with Crippen LogP contribution >= 0.6 is 0 Å². The zero-order chi connectivity index (χ0) is 11.5. The molecule has 1 aliphatic heterocycles. The summed E-state index contributed by atoms with van der Waals surface area (Å²) in [5.74, 6) is -0.761. The number of carboxylic acid groups (broad SMARTS) is 1. The van der Waals surface area contributed by atoms with Crippen LogP contribution in [0.1, 0.15) is 12.0 Å². The highest BCUT2D eigenvalue weighted by Crippen LogP contribution is 2.19. The molecule has 1 fully saturated rings. The van der Waals surface area contributed by atoms with Gasteiger partial charge in [-0.05, 0) is 43.0 Å². The molecule has 16 heavy (non-hydrogen) atoms. The molecule has 86 valence electrons. The van der Waals surface area contributed by atoms with E-state index >= 15 is 0 Å². The molecule has 1 saturated heterocycles. The maximum atomic E-state index is 12.9. The second kappa shape index (κ2) is 4.61. The third-order valence-corrected chi connectivity index (χ3v) is 2.93. The van der Waals surface area contributed by atoms with E-state index in [0.29, 0.717) is 13.0 Å². The van der Waals surface area contributed by atoms with Crippen molar-refractivity contribution in [2.75, 3.05) is 6.54 Å². The van der Waals surface area contributed by atoms with E-state index in [1.54, 1.807) is 6.07 Å². The average molecular weight is 223 g/mol. The first-order chi connectivity index (χ1) is 7.65. The number of hydrogen-bond donors (Lipinski definition) is 2. The SMILES string of the molecule is O=C(O)[C@@H]1C[C@H](Cc2cccc(F)c2)CN1. The molecule has 3 nitrogen and oxygen atoms in total. The number of hydrogen-bond acceptors (Lipinski definition) is 2. The van der Waals surface area contributed by atoms with Gasteiger partial charge >= 0.3 is 5.97 Å². The van der Waals surface area contributed by atoms with Crippen LogP contribution in [0.3, 0.4) is 0 Å². The Labute approximate surface area is 93.3 Å². The van der Waals surface area contributed by atoms with Gasteiger partial charge in [0.15, 0.2) is 0 Å². The Kier molecular flexibility index (Phi) is 3.19. The summed E-state index contributed by atoms with van der Waals surface area (Å²) in [4.78, 5) is 10.7. The van der Waals surface area contributed by atoms with Crippen LogP contribution in [0.4, 0.5) is 4.39 Å². The molecule has 1 heterocycles. The van der Waals surface area contributed by atoms with E-state index in [4.69, 9.17) is 5.11 Å². The van der Waals surface area contributed by atoms with E-state index in [9.17, 15) is 9.18 Å². The van der Waals surface area contributed by atoms with E-state index < -0.39 is 12.0 Å². The largest absolute Gasteiger partial charge is 0.480 e. The Balaban J connectivity index is 1.94. The Morgan fingerprint density at radius 1 is 1.56 bits per heavy atom. The van der Waals surface area contributed by atoms with Gasteiger partial charge < -0.3 is 10.4 Å². The normalized spacial score (nSPS) is 24.6. The minimum atomic E-state index is -0.804. The average Bonchev–Trinajstić information content (AvgIpc) is 2.66.